The number of nitrogens with zero attached hydrogens (tertiary/aromatic N) is 5. The molecule has 0 N–H and O–H groups in total. The second-order valence-electron chi connectivity index (χ2n) is 10.3. The number of aromatic nitrogens is 5. The highest BCUT2D eigenvalue weighted by Crippen LogP contribution is 2.46. The van der Waals surface area contributed by atoms with Crippen LogP contribution in [0.25, 0.3) is 81.5 Å². The molecular weight excluding hydrogens is 534 g/mol. The Balaban J connectivity index is 1.50. The molecule has 5 nitrogen and oxygen atoms in total. The Morgan fingerprint density at radius 2 is 1.17 bits per heavy atom. The van der Waals surface area contributed by atoms with Crippen molar-refractivity contribution >= 4 is 64.3 Å². The van der Waals surface area contributed by atoms with Crippen molar-refractivity contribution in [2.24, 2.45) is 0 Å². The second kappa shape index (κ2) is 9.03. The quantitative estimate of drug-likeness (QED) is 0.218. The van der Waals surface area contributed by atoms with Crippen LogP contribution in [-0.4, -0.2) is 24.5 Å². The summed E-state index contributed by atoms with van der Waals surface area (Å²) in [5, 5.41) is 4.59. The van der Waals surface area contributed by atoms with E-state index in [1.807, 2.05) is 60.9 Å². The van der Waals surface area contributed by atoms with Crippen LogP contribution in [-0.2, 0) is 0 Å². The molecule has 0 aliphatic heterocycles. The van der Waals surface area contributed by atoms with Gasteiger partial charge in [0.25, 0.3) is 0 Å². The molecule has 6 heteroatoms. The third kappa shape index (κ3) is 3.36. The van der Waals surface area contributed by atoms with Crippen LogP contribution >= 0.6 is 11.3 Å². The van der Waals surface area contributed by atoms with Crippen LogP contribution in [0.15, 0.2) is 128 Å². The lowest BCUT2D eigenvalue weighted by Crippen LogP contribution is -2.04. The molecule has 0 radical (unpaired) electrons. The van der Waals surface area contributed by atoms with Crippen molar-refractivity contribution in [2.75, 3.05) is 0 Å². The lowest BCUT2D eigenvalue weighted by Gasteiger charge is -2.12. The van der Waals surface area contributed by atoms with Crippen LogP contribution < -0.4 is 0 Å². The number of hydrogen-bond donors (Lipinski definition) is 0. The van der Waals surface area contributed by atoms with Gasteiger partial charge in [-0.15, -0.1) is 11.3 Å². The summed E-state index contributed by atoms with van der Waals surface area (Å²) in [4.78, 5) is 20.3. The Bertz CT molecular complexity index is 2400. The minimum Gasteiger partial charge on any atom is -0.275 e. The van der Waals surface area contributed by atoms with E-state index in [-0.39, 0.29) is 0 Å². The molecule has 5 heterocycles. The van der Waals surface area contributed by atoms with Crippen LogP contribution in [0.2, 0.25) is 0 Å². The SMILES string of the molecule is c1ccc(-c2cc(-c3ccccc3)nc(-n3c4cccnc4c4c5ncccc5c5c6ccccc6sc5c43)n2)cc1. The summed E-state index contributed by atoms with van der Waals surface area (Å²) in [6.07, 6.45) is 3.72. The summed E-state index contributed by atoms with van der Waals surface area (Å²) < 4.78 is 4.61. The molecule has 0 fully saturated rings. The maximum atomic E-state index is 5.22. The van der Waals surface area contributed by atoms with Crippen molar-refractivity contribution < 1.29 is 0 Å². The average molecular weight is 556 g/mol. The molecule has 0 spiro atoms. The van der Waals surface area contributed by atoms with Gasteiger partial charge in [-0.2, -0.15) is 0 Å². The van der Waals surface area contributed by atoms with Crippen molar-refractivity contribution in [3.8, 4) is 28.5 Å². The molecule has 42 heavy (non-hydrogen) atoms. The van der Waals surface area contributed by atoms with Crippen molar-refractivity contribution in [1.29, 1.82) is 0 Å². The lowest BCUT2D eigenvalue weighted by molar-refractivity contribution is 0.997. The maximum absolute atomic E-state index is 5.22. The third-order valence-corrected chi connectivity index (χ3v) is 9.08. The Morgan fingerprint density at radius 1 is 0.548 bits per heavy atom. The zero-order chi connectivity index (χ0) is 27.6. The summed E-state index contributed by atoms with van der Waals surface area (Å²) in [7, 11) is 0. The first-order valence-electron chi connectivity index (χ1n) is 13.8. The largest absolute Gasteiger partial charge is 0.275 e. The molecule has 0 atom stereocenters. The van der Waals surface area contributed by atoms with Gasteiger partial charge < -0.3 is 0 Å². The van der Waals surface area contributed by atoms with Gasteiger partial charge in [0.1, 0.15) is 0 Å². The fourth-order valence-corrected chi connectivity index (χ4v) is 7.35. The summed E-state index contributed by atoms with van der Waals surface area (Å²) in [5.41, 5.74) is 7.63. The molecule has 0 saturated heterocycles. The van der Waals surface area contributed by atoms with Crippen LogP contribution in [0.1, 0.15) is 0 Å². The van der Waals surface area contributed by atoms with Crippen molar-refractivity contribution in [3.05, 3.63) is 128 Å². The van der Waals surface area contributed by atoms with E-state index in [0.29, 0.717) is 5.95 Å². The van der Waals surface area contributed by atoms with E-state index < -0.39 is 0 Å². The molecule has 9 rings (SSSR count). The Kier molecular flexibility index (Phi) is 5.00. The van der Waals surface area contributed by atoms with Gasteiger partial charge in [-0.05, 0) is 30.3 Å². The van der Waals surface area contributed by atoms with Gasteiger partial charge in [0, 0.05) is 44.4 Å². The summed E-state index contributed by atoms with van der Waals surface area (Å²) in [6.45, 7) is 0. The van der Waals surface area contributed by atoms with E-state index >= 15 is 0 Å². The molecule has 0 amide bonds. The summed E-state index contributed by atoms with van der Waals surface area (Å²) in [6, 6.07) is 39.6. The van der Waals surface area contributed by atoms with E-state index in [2.05, 4.69) is 71.3 Å². The second-order valence-corrected chi connectivity index (χ2v) is 11.4. The Labute approximate surface area is 244 Å². The topological polar surface area (TPSA) is 56.5 Å². The van der Waals surface area contributed by atoms with E-state index in [4.69, 9.17) is 19.9 Å². The van der Waals surface area contributed by atoms with Crippen LogP contribution in [0.5, 0.6) is 0 Å². The van der Waals surface area contributed by atoms with Crippen LogP contribution in [0, 0.1) is 0 Å². The number of pyridine rings is 2. The van der Waals surface area contributed by atoms with Crippen LogP contribution in [0.4, 0.5) is 0 Å². The standard InChI is InChI=1S/C36H21N5S/c1-3-11-22(12-4-1)26-21-27(23-13-5-2-6-14-23)40-36(39-26)41-28-17-10-20-38-33(28)31-32-25(16-9-19-37-32)30-24-15-7-8-18-29(24)42-35(30)34(31)41/h1-21H. The van der Waals surface area contributed by atoms with Crippen molar-refractivity contribution in [3.63, 3.8) is 0 Å². The Morgan fingerprint density at radius 3 is 1.90 bits per heavy atom. The molecule has 9 aromatic rings. The number of benzene rings is 4. The number of rotatable bonds is 3. The van der Waals surface area contributed by atoms with Crippen molar-refractivity contribution in [2.45, 2.75) is 0 Å². The molecule has 0 aliphatic rings. The number of thiophene rings is 1. The van der Waals surface area contributed by atoms with Crippen molar-refractivity contribution in [1.82, 2.24) is 24.5 Å². The predicted octanol–water partition coefficient (Wildman–Crippen LogP) is 9.22. The van der Waals surface area contributed by atoms with Gasteiger partial charge in [0.2, 0.25) is 5.95 Å². The van der Waals surface area contributed by atoms with E-state index in [9.17, 15) is 0 Å². The third-order valence-electron chi connectivity index (χ3n) is 7.90. The fourth-order valence-electron chi connectivity index (χ4n) is 6.10. The van der Waals surface area contributed by atoms with Crippen LogP contribution in [0.3, 0.4) is 0 Å². The van der Waals surface area contributed by atoms with E-state index in [0.717, 1.165) is 55.4 Å². The zero-order valence-electron chi connectivity index (χ0n) is 22.3. The van der Waals surface area contributed by atoms with Gasteiger partial charge in [-0.3, -0.25) is 14.5 Å². The van der Waals surface area contributed by atoms with Gasteiger partial charge in [-0.25, -0.2) is 9.97 Å². The minimum atomic E-state index is 0.609. The molecular formula is C36H21N5S. The number of hydrogen-bond acceptors (Lipinski definition) is 5. The predicted molar refractivity (Wildman–Crippen MR) is 173 cm³/mol. The Hall–Kier alpha value is -5.46. The van der Waals surface area contributed by atoms with E-state index in [1.54, 1.807) is 11.3 Å². The highest BCUT2D eigenvalue weighted by atomic mass is 32.1. The molecule has 4 aromatic carbocycles. The molecule has 0 bridgehead atoms. The molecule has 0 saturated carbocycles. The highest BCUT2D eigenvalue weighted by molar-refractivity contribution is 7.27. The maximum Gasteiger partial charge on any atom is 0.235 e. The molecule has 0 unspecified atom stereocenters. The first-order valence-corrected chi connectivity index (χ1v) is 14.6. The van der Waals surface area contributed by atoms with Gasteiger partial charge in [-0.1, -0.05) is 84.9 Å². The molecule has 0 aliphatic carbocycles. The molecule has 5 aromatic heterocycles. The smallest absolute Gasteiger partial charge is 0.235 e. The van der Waals surface area contributed by atoms with E-state index in [1.165, 1.54) is 20.2 Å². The first kappa shape index (κ1) is 23.3. The fraction of sp³-hybridized carbons (Fsp3) is 0. The van der Waals surface area contributed by atoms with Gasteiger partial charge in [0.05, 0.1) is 43.5 Å². The van der Waals surface area contributed by atoms with Gasteiger partial charge in [0.15, 0.2) is 0 Å². The van der Waals surface area contributed by atoms with Gasteiger partial charge >= 0.3 is 0 Å². The lowest BCUT2D eigenvalue weighted by atomic mass is 10.0. The zero-order valence-corrected chi connectivity index (χ0v) is 23.1. The summed E-state index contributed by atoms with van der Waals surface area (Å²) in [5.74, 6) is 0.609. The summed E-state index contributed by atoms with van der Waals surface area (Å²) >= 11 is 1.80. The average Bonchev–Trinajstić information content (AvgIpc) is 3.62. The normalized spacial score (nSPS) is 11.8. The number of fused-ring (bicyclic) bond motifs is 10. The monoisotopic (exact) mass is 555 g/mol. The first-order chi connectivity index (χ1) is 20.8. The highest BCUT2D eigenvalue weighted by Gasteiger charge is 2.24. The minimum absolute atomic E-state index is 0.609. The molecule has 196 valence electrons.